The van der Waals surface area contributed by atoms with E-state index in [-0.39, 0.29) is 5.54 Å². The molecule has 0 atom stereocenters. The van der Waals surface area contributed by atoms with Crippen LogP contribution in [0.2, 0.25) is 0 Å². The fourth-order valence-corrected chi connectivity index (χ4v) is 2.80. The highest BCUT2D eigenvalue weighted by atomic mass is 16.5. The van der Waals surface area contributed by atoms with Gasteiger partial charge in [0.25, 0.3) is 0 Å². The van der Waals surface area contributed by atoms with E-state index in [1.54, 1.807) is 7.11 Å². The van der Waals surface area contributed by atoms with Gasteiger partial charge in [0.1, 0.15) is 5.75 Å². The molecular weight excluding hydrogens is 226 g/mol. The minimum Gasteiger partial charge on any atom is -0.496 e. The largest absolute Gasteiger partial charge is 0.496 e. The third-order valence-corrected chi connectivity index (χ3v) is 4.24. The monoisotopic (exact) mass is 247 g/mol. The van der Waals surface area contributed by atoms with Crippen LogP contribution in [0.15, 0.2) is 18.2 Å². The van der Waals surface area contributed by atoms with Crippen molar-refractivity contribution in [1.82, 2.24) is 0 Å². The first-order valence-corrected chi connectivity index (χ1v) is 6.78. The minimum absolute atomic E-state index is 0.132. The molecule has 1 aromatic rings. The van der Waals surface area contributed by atoms with E-state index in [0.717, 1.165) is 44.6 Å². The highest BCUT2D eigenvalue weighted by Crippen LogP contribution is 2.47. The lowest BCUT2D eigenvalue weighted by molar-refractivity contribution is 0.0853. The molecule has 0 unspecified atom stereocenters. The smallest absolute Gasteiger partial charge is 0.123 e. The van der Waals surface area contributed by atoms with Gasteiger partial charge in [-0.1, -0.05) is 6.07 Å². The van der Waals surface area contributed by atoms with Crippen molar-refractivity contribution in [3.8, 4) is 5.75 Å². The second kappa shape index (κ2) is 4.56. The van der Waals surface area contributed by atoms with E-state index in [1.165, 1.54) is 11.1 Å². The molecule has 18 heavy (non-hydrogen) atoms. The lowest BCUT2D eigenvalue weighted by Crippen LogP contribution is -2.21. The molecule has 1 saturated heterocycles. The van der Waals surface area contributed by atoms with E-state index in [9.17, 15) is 0 Å². The third-order valence-electron chi connectivity index (χ3n) is 4.24. The van der Waals surface area contributed by atoms with E-state index in [4.69, 9.17) is 15.2 Å². The summed E-state index contributed by atoms with van der Waals surface area (Å²) in [4.78, 5) is 0. The van der Waals surface area contributed by atoms with Gasteiger partial charge in [-0.2, -0.15) is 0 Å². The fourth-order valence-electron chi connectivity index (χ4n) is 2.80. The maximum Gasteiger partial charge on any atom is 0.123 e. The molecule has 0 radical (unpaired) electrons. The number of hydrogen-bond acceptors (Lipinski definition) is 3. The number of benzene rings is 1. The molecule has 0 bridgehead atoms. The Morgan fingerprint density at radius 1 is 1.28 bits per heavy atom. The molecular formula is C15H21NO2. The standard InChI is InChI=1S/C15H21NO2/c1-17-14-3-2-12(11-4-8-18-9-5-11)10-13(14)15(16)6-7-15/h2-3,10-11H,4-9,16H2,1H3. The molecule has 2 aliphatic rings. The first kappa shape index (κ1) is 12.0. The summed E-state index contributed by atoms with van der Waals surface area (Å²) in [5, 5.41) is 0. The number of nitrogens with two attached hydrogens (primary N) is 1. The van der Waals surface area contributed by atoms with E-state index in [1.807, 2.05) is 0 Å². The van der Waals surface area contributed by atoms with Crippen LogP contribution in [0.5, 0.6) is 5.75 Å². The molecule has 1 aliphatic heterocycles. The summed E-state index contributed by atoms with van der Waals surface area (Å²) in [6, 6.07) is 6.53. The quantitative estimate of drug-likeness (QED) is 0.892. The van der Waals surface area contributed by atoms with E-state index >= 15 is 0 Å². The summed E-state index contributed by atoms with van der Waals surface area (Å²) in [7, 11) is 1.72. The Morgan fingerprint density at radius 3 is 2.61 bits per heavy atom. The van der Waals surface area contributed by atoms with Gasteiger partial charge >= 0.3 is 0 Å². The molecule has 1 saturated carbocycles. The highest BCUT2D eigenvalue weighted by molar-refractivity contribution is 5.45. The van der Waals surface area contributed by atoms with Gasteiger partial charge in [0, 0.05) is 24.3 Å². The van der Waals surface area contributed by atoms with Gasteiger partial charge in [0.05, 0.1) is 7.11 Å². The summed E-state index contributed by atoms with van der Waals surface area (Å²) in [6.45, 7) is 1.75. The lowest BCUT2D eigenvalue weighted by Gasteiger charge is -2.24. The molecule has 3 rings (SSSR count). The Morgan fingerprint density at radius 2 is 2.00 bits per heavy atom. The van der Waals surface area contributed by atoms with Crippen LogP contribution in [0.3, 0.4) is 0 Å². The van der Waals surface area contributed by atoms with Crippen molar-refractivity contribution in [2.24, 2.45) is 5.73 Å². The second-order valence-corrected chi connectivity index (χ2v) is 5.50. The second-order valence-electron chi connectivity index (χ2n) is 5.50. The lowest BCUT2D eigenvalue weighted by atomic mass is 9.89. The van der Waals surface area contributed by atoms with E-state index < -0.39 is 0 Å². The SMILES string of the molecule is COc1ccc(C2CCOCC2)cc1C1(N)CC1. The van der Waals surface area contributed by atoms with Crippen molar-refractivity contribution in [3.05, 3.63) is 29.3 Å². The summed E-state index contributed by atoms with van der Waals surface area (Å²) < 4.78 is 10.9. The molecule has 3 nitrogen and oxygen atoms in total. The van der Waals surface area contributed by atoms with Crippen LogP contribution in [0.1, 0.15) is 42.7 Å². The average Bonchev–Trinajstić information content (AvgIpc) is 3.18. The molecule has 1 aliphatic carbocycles. The maximum absolute atomic E-state index is 6.34. The Balaban J connectivity index is 1.91. The van der Waals surface area contributed by atoms with Crippen molar-refractivity contribution in [2.75, 3.05) is 20.3 Å². The van der Waals surface area contributed by atoms with Gasteiger partial charge in [0.2, 0.25) is 0 Å². The highest BCUT2D eigenvalue weighted by Gasteiger charge is 2.42. The molecule has 2 fully saturated rings. The first-order valence-electron chi connectivity index (χ1n) is 6.78. The molecule has 1 heterocycles. The molecule has 0 spiro atoms. The zero-order valence-electron chi connectivity index (χ0n) is 10.9. The van der Waals surface area contributed by atoms with Gasteiger partial charge in [-0.15, -0.1) is 0 Å². The number of hydrogen-bond donors (Lipinski definition) is 1. The van der Waals surface area contributed by atoms with Crippen molar-refractivity contribution < 1.29 is 9.47 Å². The number of methoxy groups -OCH3 is 1. The van der Waals surface area contributed by atoms with Crippen LogP contribution >= 0.6 is 0 Å². The summed E-state index contributed by atoms with van der Waals surface area (Å²) >= 11 is 0. The summed E-state index contributed by atoms with van der Waals surface area (Å²) in [5.41, 5.74) is 8.79. The van der Waals surface area contributed by atoms with Crippen LogP contribution in [-0.4, -0.2) is 20.3 Å². The van der Waals surface area contributed by atoms with Crippen molar-refractivity contribution >= 4 is 0 Å². The van der Waals surface area contributed by atoms with Gasteiger partial charge in [0.15, 0.2) is 0 Å². The van der Waals surface area contributed by atoms with Gasteiger partial charge < -0.3 is 15.2 Å². The van der Waals surface area contributed by atoms with E-state index in [0.29, 0.717) is 5.92 Å². The van der Waals surface area contributed by atoms with Gasteiger partial charge in [-0.05, 0) is 49.3 Å². The van der Waals surface area contributed by atoms with Crippen LogP contribution in [0.25, 0.3) is 0 Å². The third kappa shape index (κ3) is 2.13. The zero-order chi connectivity index (χ0) is 12.6. The van der Waals surface area contributed by atoms with E-state index in [2.05, 4.69) is 18.2 Å². The van der Waals surface area contributed by atoms with Gasteiger partial charge in [-0.3, -0.25) is 0 Å². The van der Waals surface area contributed by atoms with Crippen LogP contribution < -0.4 is 10.5 Å². The first-order chi connectivity index (χ1) is 8.73. The normalized spacial score (nSPS) is 22.8. The molecule has 2 N–H and O–H groups in total. The molecule has 0 amide bonds. The van der Waals surface area contributed by atoms with Crippen molar-refractivity contribution in [1.29, 1.82) is 0 Å². The minimum atomic E-state index is -0.132. The maximum atomic E-state index is 6.34. The summed E-state index contributed by atoms with van der Waals surface area (Å²) in [5.74, 6) is 1.55. The average molecular weight is 247 g/mol. The Labute approximate surface area is 108 Å². The predicted molar refractivity (Wildman–Crippen MR) is 70.9 cm³/mol. The number of rotatable bonds is 3. The Bertz CT molecular complexity index is 434. The summed E-state index contributed by atoms with van der Waals surface area (Å²) in [6.07, 6.45) is 4.37. The molecule has 1 aromatic carbocycles. The van der Waals surface area contributed by atoms with Gasteiger partial charge in [-0.25, -0.2) is 0 Å². The molecule has 3 heteroatoms. The number of ether oxygens (including phenoxy) is 2. The van der Waals surface area contributed by atoms with Crippen LogP contribution in [0, 0.1) is 0 Å². The van der Waals surface area contributed by atoms with Crippen LogP contribution in [-0.2, 0) is 10.3 Å². The zero-order valence-corrected chi connectivity index (χ0v) is 10.9. The predicted octanol–water partition coefficient (Wildman–Crippen LogP) is 2.54. The topological polar surface area (TPSA) is 44.5 Å². The van der Waals surface area contributed by atoms with Crippen LogP contribution in [0.4, 0.5) is 0 Å². The fraction of sp³-hybridized carbons (Fsp3) is 0.600. The Hall–Kier alpha value is -1.06. The van der Waals surface area contributed by atoms with Crippen molar-refractivity contribution in [3.63, 3.8) is 0 Å². The Kier molecular flexibility index (Phi) is 3.04. The molecule has 98 valence electrons. The van der Waals surface area contributed by atoms with Crippen molar-refractivity contribution in [2.45, 2.75) is 37.1 Å². The molecule has 0 aromatic heterocycles.